The number of hydrogen-bond donors (Lipinski definition) is 3. The Morgan fingerprint density at radius 2 is 1.88 bits per heavy atom. The monoisotopic (exact) mass is 447 g/mol. The molecule has 1 aromatic heterocycles. The molecule has 33 heavy (non-hydrogen) atoms. The van der Waals surface area contributed by atoms with Gasteiger partial charge in [-0.2, -0.15) is 5.10 Å². The zero-order valence-corrected chi connectivity index (χ0v) is 19.6. The molecule has 5 nitrogen and oxygen atoms in total. The zero-order chi connectivity index (χ0) is 22.9. The molecule has 2 heterocycles. The molecule has 5 fully saturated rings. The number of halogens is 1. The number of aromatic nitrogens is 2. The van der Waals surface area contributed by atoms with Crippen molar-refractivity contribution in [1.29, 1.82) is 0 Å². The number of allylic oxidation sites excluding steroid dienone is 4. The maximum absolute atomic E-state index is 15.1. The first-order valence-electron chi connectivity index (χ1n) is 12.5. The van der Waals surface area contributed by atoms with Crippen LogP contribution in [0.25, 0.3) is 5.57 Å². The molecule has 2 bridgehead atoms. The Morgan fingerprint density at radius 3 is 2.61 bits per heavy atom. The van der Waals surface area contributed by atoms with Crippen molar-refractivity contribution in [3.63, 3.8) is 0 Å². The van der Waals surface area contributed by atoms with Gasteiger partial charge in [-0.15, -0.1) is 0 Å². The van der Waals surface area contributed by atoms with Gasteiger partial charge in [0.2, 0.25) is 0 Å². The van der Waals surface area contributed by atoms with Crippen LogP contribution in [0.1, 0.15) is 51.6 Å². The smallest absolute Gasteiger partial charge is 0.148 e. The van der Waals surface area contributed by atoms with Gasteiger partial charge in [-0.25, -0.2) is 9.38 Å². The molecule has 5 saturated carbocycles. The van der Waals surface area contributed by atoms with Gasteiger partial charge in [0, 0.05) is 17.7 Å². The third-order valence-corrected chi connectivity index (χ3v) is 8.65. The van der Waals surface area contributed by atoms with Gasteiger partial charge in [0.15, 0.2) is 0 Å². The molecule has 174 valence electrons. The summed E-state index contributed by atoms with van der Waals surface area (Å²) in [7, 11) is 0. The van der Waals surface area contributed by atoms with Crippen molar-refractivity contribution in [3.8, 4) is 0 Å². The lowest BCUT2D eigenvalue weighted by molar-refractivity contribution is 0.0657. The first kappa shape index (κ1) is 20.9. The Labute approximate surface area is 195 Å². The van der Waals surface area contributed by atoms with Crippen molar-refractivity contribution < 1.29 is 4.39 Å². The van der Waals surface area contributed by atoms with Gasteiger partial charge >= 0.3 is 0 Å². The van der Waals surface area contributed by atoms with E-state index in [1.54, 1.807) is 6.92 Å². The summed E-state index contributed by atoms with van der Waals surface area (Å²) in [5, 5.41) is 14.5. The summed E-state index contributed by atoms with van der Waals surface area (Å²) >= 11 is 0. The van der Waals surface area contributed by atoms with Crippen LogP contribution < -0.4 is 10.6 Å². The molecule has 0 saturated heterocycles. The summed E-state index contributed by atoms with van der Waals surface area (Å²) in [5.41, 5.74) is 5.04. The van der Waals surface area contributed by atoms with Crippen molar-refractivity contribution in [3.05, 3.63) is 48.1 Å². The molecule has 6 aliphatic rings. The predicted octanol–water partition coefficient (Wildman–Crippen LogP) is 5.91. The fourth-order valence-corrected chi connectivity index (χ4v) is 6.89. The van der Waals surface area contributed by atoms with Crippen molar-refractivity contribution in [2.75, 3.05) is 11.9 Å². The van der Waals surface area contributed by atoms with E-state index in [1.807, 2.05) is 6.08 Å². The van der Waals surface area contributed by atoms with E-state index in [9.17, 15) is 0 Å². The van der Waals surface area contributed by atoms with E-state index >= 15 is 4.39 Å². The number of anilines is 1. The molecule has 6 atom stereocenters. The lowest BCUT2D eigenvalue weighted by Crippen LogP contribution is -2.53. The van der Waals surface area contributed by atoms with Crippen molar-refractivity contribution in [2.45, 2.75) is 52.0 Å². The molecular weight excluding hydrogens is 413 g/mol. The second kappa shape index (κ2) is 7.71. The maximum atomic E-state index is 15.1. The van der Waals surface area contributed by atoms with Crippen LogP contribution in [0.2, 0.25) is 0 Å². The summed E-state index contributed by atoms with van der Waals surface area (Å²) in [5.74, 6) is 4.49. The normalized spacial score (nSPS) is 34.7. The summed E-state index contributed by atoms with van der Waals surface area (Å²) in [4.78, 5) is 4.89. The number of H-pyrrole nitrogens is 1. The highest BCUT2D eigenvalue weighted by Gasteiger charge is 2.61. The summed E-state index contributed by atoms with van der Waals surface area (Å²) in [6.45, 7) is 13.2. The Hall–Kier alpha value is -2.63. The topological polar surface area (TPSA) is 65.1 Å². The molecule has 7 rings (SSSR count). The van der Waals surface area contributed by atoms with Crippen LogP contribution in [0, 0.1) is 35.5 Å². The molecule has 1 aromatic rings. The van der Waals surface area contributed by atoms with Crippen LogP contribution in [0.3, 0.4) is 0 Å². The first-order valence-corrected chi connectivity index (χ1v) is 12.5. The van der Waals surface area contributed by atoms with Crippen LogP contribution in [0.15, 0.2) is 47.4 Å². The van der Waals surface area contributed by atoms with E-state index in [0.29, 0.717) is 40.6 Å². The first-order chi connectivity index (χ1) is 16.0. The molecule has 6 heteroatoms. The third kappa shape index (κ3) is 3.49. The van der Waals surface area contributed by atoms with Crippen LogP contribution in [0.4, 0.5) is 15.9 Å². The van der Waals surface area contributed by atoms with Crippen LogP contribution >= 0.6 is 0 Å². The summed E-state index contributed by atoms with van der Waals surface area (Å²) in [6, 6.07) is 0.226. The van der Waals surface area contributed by atoms with Gasteiger partial charge < -0.3 is 10.6 Å². The third-order valence-electron chi connectivity index (χ3n) is 8.65. The molecule has 0 spiro atoms. The fraction of sp³-hybridized carbons (Fsp3) is 0.556. The number of aromatic amines is 1. The lowest BCUT2D eigenvalue weighted by Gasteiger charge is -2.49. The number of rotatable bonds is 7. The van der Waals surface area contributed by atoms with Crippen LogP contribution in [-0.2, 0) is 0 Å². The van der Waals surface area contributed by atoms with Gasteiger partial charge in [-0.05, 0) is 93.3 Å². The molecule has 0 radical (unpaired) electrons. The second-order valence-corrected chi connectivity index (χ2v) is 10.8. The number of hydrogen-bond acceptors (Lipinski definition) is 4. The van der Waals surface area contributed by atoms with Gasteiger partial charge in [-0.3, -0.25) is 5.10 Å². The Bertz CT molecular complexity index is 1100. The Balaban J connectivity index is 1.30. The van der Waals surface area contributed by atoms with Gasteiger partial charge in [-0.1, -0.05) is 18.7 Å². The fourth-order valence-electron chi connectivity index (χ4n) is 6.89. The summed E-state index contributed by atoms with van der Waals surface area (Å²) < 4.78 is 15.1. The molecule has 6 unspecified atom stereocenters. The average Bonchev–Trinajstić information content (AvgIpc) is 3.73. The molecule has 3 N–H and O–H groups in total. The van der Waals surface area contributed by atoms with E-state index in [0.717, 1.165) is 29.9 Å². The van der Waals surface area contributed by atoms with E-state index < -0.39 is 0 Å². The molecule has 0 amide bonds. The van der Waals surface area contributed by atoms with E-state index in [1.165, 1.54) is 49.5 Å². The molecule has 1 aliphatic heterocycles. The van der Waals surface area contributed by atoms with Crippen molar-refractivity contribution >= 4 is 22.8 Å². The minimum Gasteiger partial charge on any atom is -0.379 e. The molecule has 5 aliphatic carbocycles. The van der Waals surface area contributed by atoms with Gasteiger partial charge in [0.05, 0.1) is 12.2 Å². The quantitative estimate of drug-likeness (QED) is 0.359. The van der Waals surface area contributed by atoms with Crippen LogP contribution in [0.5, 0.6) is 0 Å². The number of aliphatic imine (C=N–C) groups is 1. The number of nitrogens with zero attached hydrogens (tertiary/aromatic N) is 2. The maximum Gasteiger partial charge on any atom is 0.148 e. The minimum absolute atomic E-state index is 0.226. The largest absolute Gasteiger partial charge is 0.379 e. The molecule has 0 aromatic carbocycles. The van der Waals surface area contributed by atoms with Crippen molar-refractivity contribution in [1.82, 2.24) is 15.5 Å². The average molecular weight is 448 g/mol. The summed E-state index contributed by atoms with van der Waals surface area (Å²) in [6.07, 6.45) is 9.61. The van der Waals surface area contributed by atoms with E-state index in [-0.39, 0.29) is 11.9 Å². The highest BCUT2D eigenvalue weighted by atomic mass is 19.1. The standard InChI is InChI=1S/C27H34FN5/c1-5-20(28)21(30-25-17-9-8-16(18-11-19(17)18)23(25)13(2)3)10-14(4)24-26-27(33-32-24)29-12-22(31-26)15-6-7-15/h5,10,15-19,23,25,30H,2,4,6-9,11-12H2,1,3H3,(H2,29,32,33)/b20-5+,21-10+. The molecular formula is C27H34FN5. The highest BCUT2D eigenvalue weighted by Crippen LogP contribution is 2.65. The predicted molar refractivity (Wildman–Crippen MR) is 132 cm³/mol. The SMILES string of the molecule is C=C(/C=C(NC1C2CCC(C3CC32)C1C(=C)C)\C(F)=C/C)c1n[nH]c2c1N=C(C1CC1)CN2. The van der Waals surface area contributed by atoms with Gasteiger partial charge in [0.1, 0.15) is 23.0 Å². The zero-order valence-electron chi connectivity index (χ0n) is 19.6. The lowest BCUT2D eigenvalue weighted by atomic mass is 9.60. The number of nitrogens with one attached hydrogen (secondary N) is 3. The van der Waals surface area contributed by atoms with E-state index in [2.05, 4.69) is 40.9 Å². The highest BCUT2D eigenvalue weighted by molar-refractivity contribution is 5.99. The second-order valence-electron chi connectivity index (χ2n) is 10.8. The number of fused-ring (bicyclic) bond motifs is 3. The van der Waals surface area contributed by atoms with Gasteiger partial charge in [0.25, 0.3) is 0 Å². The minimum atomic E-state index is -0.255. The van der Waals surface area contributed by atoms with Crippen LogP contribution in [-0.4, -0.2) is 28.5 Å². The Kier molecular flexibility index (Phi) is 4.89. The van der Waals surface area contributed by atoms with E-state index in [4.69, 9.17) is 4.99 Å². The van der Waals surface area contributed by atoms with Crippen molar-refractivity contribution in [2.24, 2.45) is 40.5 Å². The Morgan fingerprint density at radius 1 is 1.12 bits per heavy atom.